The van der Waals surface area contributed by atoms with Crippen molar-refractivity contribution in [1.29, 1.82) is 0 Å². The lowest BCUT2D eigenvalue weighted by atomic mass is 10.0. The molecule has 2 aromatic rings. The van der Waals surface area contributed by atoms with Crippen molar-refractivity contribution in [3.8, 4) is 5.75 Å². The van der Waals surface area contributed by atoms with Crippen LogP contribution in [0.5, 0.6) is 5.75 Å². The number of nitrogens with zero attached hydrogens (tertiary/aromatic N) is 1. The molecule has 7 heteroatoms. The van der Waals surface area contributed by atoms with Crippen molar-refractivity contribution >= 4 is 27.3 Å². The molecule has 1 unspecified atom stereocenters. The fourth-order valence-electron chi connectivity index (χ4n) is 3.58. The van der Waals surface area contributed by atoms with E-state index in [2.05, 4.69) is 26.0 Å². The monoisotopic (exact) mass is 449 g/mol. The molecule has 1 atom stereocenters. The minimum atomic E-state index is -3.11. The van der Waals surface area contributed by atoms with Crippen molar-refractivity contribution in [3.05, 3.63) is 64.2 Å². The Bertz CT molecular complexity index is 1000. The molecule has 0 aliphatic carbocycles. The molecule has 1 amide bonds. The Kier molecular flexibility index (Phi) is 7.09. The van der Waals surface area contributed by atoms with E-state index >= 15 is 0 Å². The molecule has 162 valence electrons. The second kappa shape index (κ2) is 9.40. The Balaban J connectivity index is 1.74. The normalized spacial score (nSPS) is 17.8. The summed E-state index contributed by atoms with van der Waals surface area (Å²) in [5, 5.41) is 0.635. The molecule has 5 nitrogen and oxygen atoms in total. The molecule has 1 heterocycles. The second-order valence-corrected chi connectivity index (χ2v) is 10.8. The number of hydrogen-bond acceptors (Lipinski definition) is 4. The molecule has 3 rings (SSSR count). The van der Waals surface area contributed by atoms with Crippen LogP contribution in [0.2, 0.25) is 5.02 Å². The summed E-state index contributed by atoms with van der Waals surface area (Å²) < 4.78 is 29.7. The maximum absolute atomic E-state index is 13.0. The van der Waals surface area contributed by atoms with Gasteiger partial charge in [0.1, 0.15) is 5.75 Å². The molecular formula is C23H28ClNO4S. The van der Waals surface area contributed by atoms with Gasteiger partial charge in [-0.05, 0) is 54.2 Å². The first-order chi connectivity index (χ1) is 14.1. The van der Waals surface area contributed by atoms with E-state index in [0.29, 0.717) is 29.7 Å². The van der Waals surface area contributed by atoms with Gasteiger partial charge in [0.2, 0.25) is 0 Å². The van der Waals surface area contributed by atoms with E-state index in [9.17, 15) is 13.2 Å². The summed E-state index contributed by atoms with van der Waals surface area (Å²) in [4.78, 5) is 14.7. The van der Waals surface area contributed by atoms with Crippen molar-refractivity contribution in [3.63, 3.8) is 0 Å². The van der Waals surface area contributed by atoms with Gasteiger partial charge in [0.15, 0.2) is 16.4 Å². The number of amides is 1. The summed E-state index contributed by atoms with van der Waals surface area (Å²) in [6, 6.07) is 13.0. The number of benzene rings is 2. The molecule has 2 aromatic carbocycles. The van der Waals surface area contributed by atoms with Crippen LogP contribution in [-0.2, 0) is 21.2 Å². The summed E-state index contributed by atoms with van der Waals surface area (Å²) in [6.07, 6.45) is 0.457. The smallest absolute Gasteiger partial charge is 0.261 e. The molecular weight excluding hydrogens is 422 g/mol. The number of halogens is 1. The summed E-state index contributed by atoms with van der Waals surface area (Å²) in [5.41, 5.74) is 3.06. The van der Waals surface area contributed by atoms with Gasteiger partial charge in [-0.2, -0.15) is 0 Å². The fourth-order valence-corrected chi connectivity index (χ4v) is 5.43. The highest BCUT2D eigenvalue weighted by Gasteiger charge is 2.34. The Morgan fingerprint density at radius 3 is 2.47 bits per heavy atom. The summed E-state index contributed by atoms with van der Waals surface area (Å²) in [6.45, 7) is 6.34. The van der Waals surface area contributed by atoms with Crippen LogP contribution >= 0.6 is 11.6 Å². The lowest BCUT2D eigenvalue weighted by Gasteiger charge is -2.28. The lowest BCUT2D eigenvalue weighted by molar-refractivity contribution is -0.136. The van der Waals surface area contributed by atoms with Gasteiger partial charge in [0, 0.05) is 17.6 Å². The van der Waals surface area contributed by atoms with Crippen LogP contribution < -0.4 is 4.74 Å². The molecule has 0 N–H and O–H groups in total. The van der Waals surface area contributed by atoms with Crippen LogP contribution in [0.15, 0.2) is 42.5 Å². The largest absolute Gasteiger partial charge is 0.484 e. The van der Waals surface area contributed by atoms with Gasteiger partial charge in [-0.3, -0.25) is 4.79 Å². The number of rotatable bonds is 7. The maximum atomic E-state index is 13.0. The van der Waals surface area contributed by atoms with Gasteiger partial charge in [-0.1, -0.05) is 49.7 Å². The highest BCUT2D eigenvalue weighted by molar-refractivity contribution is 7.91. The second-order valence-electron chi connectivity index (χ2n) is 8.17. The Morgan fingerprint density at radius 2 is 1.90 bits per heavy atom. The van der Waals surface area contributed by atoms with Crippen LogP contribution in [-0.4, -0.2) is 43.4 Å². The van der Waals surface area contributed by atoms with E-state index in [0.717, 1.165) is 11.1 Å². The highest BCUT2D eigenvalue weighted by atomic mass is 35.5. The number of ether oxygens (including phenoxy) is 1. The third-order valence-electron chi connectivity index (χ3n) is 5.46. The van der Waals surface area contributed by atoms with E-state index in [1.807, 2.05) is 19.1 Å². The number of carbonyl (C=O) groups is 1. The molecule has 30 heavy (non-hydrogen) atoms. The Hall–Kier alpha value is -2.05. The molecule has 1 fully saturated rings. The van der Waals surface area contributed by atoms with Crippen LogP contribution in [0.3, 0.4) is 0 Å². The highest BCUT2D eigenvalue weighted by Crippen LogP contribution is 2.24. The summed E-state index contributed by atoms with van der Waals surface area (Å²) in [7, 11) is -3.11. The summed E-state index contributed by atoms with van der Waals surface area (Å²) >= 11 is 6.04. The SMILES string of the molecule is Cc1cc(OCC(=O)N(Cc2ccc(C(C)C)cc2)C2CCS(=O)(=O)C2)ccc1Cl. The first-order valence-electron chi connectivity index (χ1n) is 10.1. The van der Waals surface area contributed by atoms with Crippen molar-refractivity contribution in [1.82, 2.24) is 4.90 Å². The van der Waals surface area contributed by atoms with Crippen molar-refractivity contribution in [2.75, 3.05) is 18.1 Å². The topological polar surface area (TPSA) is 63.7 Å². The average Bonchev–Trinajstić information content (AvgIpc) is 3.06. The molecule has 0 saturated carbocycles. The van der Waals surface area contributed by atoms with E-state index < -0.39 is 9.84 Å². The Labute approximate surface area is 183 Å². The molecule has 1 aliphatic heterocycles. The quantitative estimate of drug-likeness (QED) is 0.629. The zero-order valence-electron chi connectivity index (χ0n) is 17.6. The molecule has 0 radical (unpaired) electrons. The van der Waals surface area contributed by atoms with E-state index in [1.165, 1.54) is 5.56 Å². The predicted molar refractivity (Wildman–Crippen MR) is 120 cm³/mol. The van der Waals surface area contributed by atoms with Crippen molar-refractivity contribution in [2.24, 2.45) is 0 Å². The third-order valence-corrected chi connectivity index (χ3v) is 7.63. The molecule has 0 spiro atoms. The van der Waals surface area contributed by atoms with Crippen LogP contribution in [0.4, 0.5) is 0 Å². The number of hydrogen-bond donors (Lipinski definition) is 0. The summed E-state index contributed by atoms with van der Waals surface area (Å²) in [5.74, 6) is 0.879. The van der Waals surface area contributed by atoms with Crippen molar-refractivity contribution < 1.29 is 17.9 Å². The van der Waals surface area contributed by atoms with Crippen LogP contribution in [0.25, 0.3) is 0 Å². The Morgan fingerprint density at radius 1 is 1.20 bits per heavy atom. The predicted octanol–water partition coefficient (Wildman–Crippen LogP) is 4.37. The fraction of sp³-hybridized carbons (Fsp3) is 0.435. The maximum Gasteiger partial charge on any atom is 0.261 e. The molecule has 1 saturated heterocycles. The van der Waals surface area contributed by atoms with Crippen molar-refractivity contribution in [2.45, 2.75) is 45.7 Å². The lowest BCUT2D eigenvalue weighted by Crippen LogP contribution is -2.43. The van der Waals surface area contributed by atoms with Gasteiger partial charge in [0.05, 0.1) is 11.5 Å². The first kappa shape index (κ1) is 22.6. The zero-order valence-corrected chi connectivity index (χ0v) is 19.2. The minimum absolute atomic E-state index is 0.00285. The molecule has 1 aliphatic rings. The van der Waals surface area contributed by atoms with E-state index in [-0.39, 0.29) is 30.1 Å². The number of sulfone groups is 1. The standard InChI is InChI=1S/C23H28ClNO4S/c1-16(2)19-6-4-18(5-7-19)13-25(20-10-11-30(27,28)15-20)23(26)14-29-21-8-9-22(24)17(3)12-21/h4-9,12,16,20H,10-11,13-15H2,1-3H3. The van der Waals surface area contributed by atoms with Gasteiger partial charge in [0.25, 0.3) is 5.91 Å². The number of carbonyl (C=O) groups excluding carboxylic acids is 1. The van der Waals surface area contributed by atoms with E-state index in [4.69, 9.17) is 16.3 Å². The van der Waals surface area contributed by atoms with E-state index in [1.54, 1.807) is 23.1 Å². The average molecular weight is 450 g/mol. The third kappa shape index (κ3) is 5.76. The molecule has 0 bridgehead atoms. The van der Waals surface area contributed by atoms with Crippen LogP contribution in [0.1, 0.15) is 42.9 Å². The zero-order chi connectivity index (χ0) is 21.9. The van der Waals surface area contributed by atoms with Gasteiger partial charge in [-0.15, -0.1) is 0 Å². The van der Waals surface area contributed by atoms with Gasteiger partial charge in [-0.25, -0.2) is 8.42 Å². The first-order valence-corrected chi connectivity index (χ1v) is 12.3. The minimum Gasteiger partial charge on any atom is -0.484 e. The van der Waals surface area contributed by atoms with Crippen LogP contribution in [0, 0.1) is 6.92 Å². The van der Waals surface area contributed by atoms with Gasteiger partial charge >= 0.3 is 0 Å². The number of aryl methyl sites for hydroxylation is 1. The molecule has 0 aromatic heterocycles. The van der Waals surface area contributed by atoms with Gasteiger partial charge < -0.3 is 9.64 Å².